The van der Waals surface area contributed by atoms with Crippen LogP contribution in [0.15, 0.2) is 12.1 Å². The summed E-state index contributed by atoms with van der Waals surface area (Å²) in [5, 5.41) is 0.888. The molecule has 3 rings (SSSR count). The van der Waals surface area contributed by atoms with Crippen LogP contribution in [-0.4, -0.2) is 53.9 Å². The lowest BCUT2D eigenvalue weighted by molar-refractivity contribution is 0.0833. The Kier molecular flexibility index (Phi) is 4.77. The van der Waals surface area contributed by atoms with E-state index in [4.69, 9.17) is 10.7 Å². The minimum absolute atomic E-state index is 0.0428. The zero-order valence-corrected chi connectivity index (χ0v) is 16.6. The van der Waals surface area contributed by atoms with Crippen LogP contribution in [0.25, 0.3) is 10.2 Å². The molecule has 1 aliphatic heterocycles. The Bertz CT molecular complexity index is 798. The molecule has 0 unspecified atom stereocenters. The molecule has 1 amide bonds. The van der Waals surface area contributed by atoms with E-state index in [-0.39, 0.29) is 11.3 Å². The third-order valence-electron chi connectivity index (χ3n) is 5.27. The minimum Gasteiger partial charge on any atom is -0.397 e. The van der Waals surface area contributed by atoms with Crippen molar-refractivity contribution in [3.05, 3.63) is 22.7 Å². The highest BCUT2D eigenvalue weighted by atomic mass is 32.1. The number of nitrogens with two attached hydrogens (primary N) is 1. The number of piperidine rings is 1. The van der Waals surface area contributed by atoms with Crippen LogP contribution in [0.2, 0.25) is 0 Å². The molecular formula is C19H28N4OS. The van der Waals surface area contributed by atoms with Gasteiger partial charge in [0.2, 0.25) is 0 Å². The number of fused-ring (bicyclic) bond motifs is 1. The molecule has 1 atom stereocenters. The molecule has 0 radical (unpaired) electrons. The largest absolute Gasteiger partial charge is 0.397 e. The summed E-state index contributed by atoms with van der Waals surface area (Å²) in [6.07, 6.45) is 2.32. The molecule has 1 saturated heterocycles. The van der Waals surface area contributed by atoms with Crippen molar-refractivity contribution < 1.29 is 4.79 Å². The number of likely N-dealkylation sites (tertiary alicyclic amines) is 1. The van der Waals surface area contributed by atoms with Gasteiger partial charge in [-0.15, -0.1) is 11.3 Å². The van der Waals surface area contributed by atoms with Gasteiger partial charge in [0.15, 0.2) is 0 Å². The Hall–Kier alpha value is -1.66. The van der Waals surface area contributed by atoms with Gasteiger partial charge >= 0.3 is 0 Å². The first-order valence-electron chi connectivity index (χ1n) is 8.88. The quantitative estimate of drug-likeness (QED) is 0.912. The molecule has 136 valence electrons. The van der Waals surface area contributed by atoms with E-state index >= 15 is 0 Å². The Labute approximate surface area is 153 Å². The molecule has 0 saturated carbocycles. The van der Waals surface area contributed by atoms with Crippen molar-refractivity contribution >= 4 is 33.1 Å². The molecule has 2 aromatic heterocycles. The van der Waals surface area contributed by atoms with E-state index in [1.54, 1.807) is 19.0 Å². The number of thiophene rings is 1. The number of nitrogen functional groups attached to an aromatic ring is 1. The molecular weight excluding hydrogens is 332 g/mol. The van der Waals surface area contributed by atoms with Crippen molar-refractivity contribution in [1.29, 1.82) is 0 Å². The van der Waals surface area contributed by atoms with E-state index in [0.717, 1.165) is 35.4 Å². The van der Waals surface area contributed by atoms with E-state index in [9.17, 15) is 4.79 Å². The van der Waals surface area contributed by atoms with Crippen molar-refractivity contribution in [3.63, 3.8) is 0 Å². The number of rotatable bonds is 3. The van der Waals surface area contributed by atoms with Crippen molar-refractivity contribution in [3.8, 4) is 0 Å². The van der Waals surface area contributed by atoms with Crippen molar-refractivity contribution in [2.45, 2.75) is 45.1 Å². The van der Waals surface area contributed by atoms with Gasteiger partial charge < -0.3 is 15.5 Å². The molecule has 0 aromatic carbocycles. The summed E-state index contributed by atoms with van der Waals surface area (Å²) < 4.78 is 0. The lowest BCUT2D eigenvalue weighted by Gasteiger charge is -2.42. The number of carbonyl (C=O) groups is 1. The molecule has 1 aliphatic rings. The van der Waals surface area contributed by atoms with Gasteiger partial charge in [0, 0.05) is 43.2 Å². The summed E-state index contributed by atoms with van der Waals surface area (Å²) in [6.45, 7) is 8.98. The third-order valence-corrected chi connectivity index (χ3v) is 6.37. The van der Waals surface area contributed by atoms with E-state index in [0.29, 0.717) is 16.6 Å². The predicted octanol–water partition coefficient (Wildman–Crippen LogP) is 3.34. The number of hydrogen-bond acceptors (Lipinski definition) is 5. The first-order valence-corrected chi connectivity index (χ1v) is 9.70. The van der Waals surface area contributed by atoms with Crippen LogP contribution >= 0.6 is 11.3 Å². The number of hydrogen-bond donors (Lipinski definition) is 1. The summed E-state index contributed by atoms with van der Waals surface area (Å²) >= 11 is 1.40. The normalized spacial score (nSPS) is 21.8. The van der Waals surface area contributed by atoms with E-state index in [1.807, 2.05) is 6.07 Å². The third kappa shape index (κ3) is 3.25. The van der Waals surface area contributed by atoms with Gasteiger partial charge in [-0.25, -0.2) is 4.98 Å². The SMILES string of the molecule is CC(C)N1CCC[C@@](C)(c2ccc3c(N)c(C(=O)N(C)C)sc3n2)C1. The molecule has 2 N–H and O–H groups in total. The fourth-order valence-electron chi connectivity index (χ4n) is 3.62. The number of pyridine rings is 1. The van der Waals surface area contributed by atoms with Crippen LogP contribution in [0, 0.1) is 0 Å². The average Bonchev–Trinajstić information content (AvgIpc) is 2.90. The monoisotopic (exact) mass is 360 g/mol. The fraction of sp³-hybridized carbons (Fsp3) is 0.579. The first kappa shape index (κ1) is 18.1. The molecule has 1 fully saturated rings. The maximum absolute atomic E-state index is 12.3. The molecule has 0 aliphatic carbocycles. The standard InChI is InChI=1S/C19H28N4OS/c1-12(2)23-10-6-9-19(3,11-23)14-8-7-13-15(20)16(18(24)22(4)5)25-17(13)21-14/h7-8,12H,6,9-11,20H2,1-5H3/t19-/m1/s1. The topological polar surface area (TPSA) is 62.5 Å². The maximum Gasteiger partial charge on any atom is 0.265 e. The maximum atomic E-state index is 12.3. The number of anilines is 1. The van der Waals surface area contributed by atoms with E-state index < -0.39 is 0 Å². The highest BCUT2D eigenvalue weighted by Gasteiger charge is 2.35. The molecule has 25 heavy (non-hydrogen) atoms. The Morgan fingerprint density at radius 2 is 2.12 bits per heavy atom. The van der Waals surface area contributed by atoms with Crippen LogP contribution in [-0.2, 0) is 5.41 Å². The smallest absolute Gasteiger partial charge is 0.265 e. The number of nitrogens with zero attached hydrogens (tertiary/aromatic N) is 3. The Morgan fingerprint density at radius 1 is 1.40 bits per heavy atom. The van der Waals surface area contributed by atoms with Gasteiger partial charge in [-0.2, -0.15) is 0 Å². The summed E-state index contributed by atoms with van der Waals surface area (Å²) in [4.78, 5) is 22.8. The minimum atomic E-state index is -0.0584. The molecule has 0 spiro atoms. The average molecular weight is 361 g/mol. The second kappa shape index (κ2) is 6.57. The molecule has 0 bridgehead atoms. The lowest BCUT2D eigenvalue weighted by Crippen LogP contribution is -2.47. The summed E-state index contributed by atoms with van der Waals surface area (Å²) in [5.41, 5.74) is 7.92. The van der Waals surface area contributed by atoms with Crippen molar-refractivity contribution in [1.82, 2.24) is 14.8 Å². The van der Waals surface area contributed by atoms with Crippen LogP contribution < -0.4 is 5.73 Å². The zero-order chi connectivity index (χ0) is 18.4. The molecule has 3 heterocycles. The summed E-state index contributed by atoms with van der Waals surface area (Å²) in [6, 6.07) is 4.68. The molecule has 2 aromatic rings. The number of amides is 1. The van der Waals surface area contributed by atoms with Gasteiger partial charge in [0.05, 0.1) is 5.69 Å². The van der Waals surface area contributed by atoms with Gasteiger partial charge in [-0.05, 0) is 45.4 Å². The van der Waals surface area contributed by atoms with E-state index in [2.05, 4.69) is 31.7 Å². The van der Waals surface area contributed by atoms with Gasteiger partial charge in [-0.3, -0.25) is 4.79 Å². The van der Waals surface area contributed by atoms with Crippen LogP contribution in [0.3, 0.4) is 0 Å². The molecule has 6 heteroatoms. The zero-order valence-electron chi connectivity index (χ0n) is 15.8. The second-order valence-corrected chi connectivity index (χ2v) is 8.82. The van der Waals surface area contributed by atoms with Crippen molar-refractivity contribution in [2.75, 3.05) is 32.9 Å². The van der Waals surface area contributed by atoms with Gasteiger partial charge in [0.1, 0.15) is 9.71 Å². The summed E-state index contributed by atoms with van der Waals surface area (Å²) in [5.74, 6) is -0.0584. The highest BCUT2D eigenvalue weighted by Crippen LogP contribution is 2.38. The van der Waals surface area contributed by atoms with Crippen LogP contribution in [0.4, 0.5) is 5.69 Å². The van der Waals surface area contributed by atoms with Crippen molar-refractivity contribution in [2.24, 2.45) is 0 Å². The summed E-state index contributed by atoms with van der Waals surface area (Å²) in [7, 11) is 3.49. The number of carbonyl (C=O) groups excluding carboxylic acids is 1. The predicted molar refractivity (Wildman–Crippen MR) is 105 cm³/mol. The fourth-order valence-corrected chi connectivity index (χ4v) is 4.74. The molecule has 5 nitrogen and oxygen atoms in total. The lowest BCUT2D eigenvalue weighted by atomic mass is 9.78. The van der Waals surface area contributed by atoms with Gasteiger partial charge in [0.25, 0.3) is 5.91 Å². The number of aromatic nitrogens is 1. The van der Waals surface area contributed by atoms with Gasteiger partial charge in [-0.1, -0.05) is 6.92 Å². The Morgan fingerprint density at radius 3 is 2.76 bits per heavy atom. The van der Waals surface area contributed by atoms with Crippen LogP contribution in [0.1, 0.15) is 49.0 Å². The Balaban J connectivity index is 2.00. The first-order chi connectivity index (χ1) is 11.7. The van der Waals surface area contributed by atoms with E-state index in [1.165, 1.54) is 17.8 Å². The van der Waals surface area contributed by atoms with Crippen LogP contribution in [0.5, 0.6) is 0 Å². The highest BCUT2D eigenvalue weighted by molar-refractivity contribution is 7.21. The second-order valence-electron chi connectivity index (χ2n) is 7.82.